The first kappa shape index (κ1) is 28.8. The number of carbonyl (C=O) groups excluding carboxylic acids is 1. The van der Waals surface area contributed by atoms with Crippen LogP contribution >= 0.6 is 0 Å². The van der Waals surface area contributed by atoms with Crippen LogP contribution in [-0.4, -0.2) is 57.0 Å². The Hall–Kier alpha value is -1.48. The molecule has 0 aromatic carbocycles. The summed E-state index contributed by atoms with van der Waals surface area (Å²) >= 11 is 0. The number of carbonyl (C=O) groups is 1. The molecule has 1 saturated heterocycles. The number of halogens is 2. The molecule has 2 rings (SSSR count). The topological polar surface area (TPSA) is 99.6 Å². The van der Waals surface area contributed by atoms with Gasteiger partial charge in [0.05, 0.1) is 12.8 Å². The Bertz CT molecular complexity index is 1030. The third-order valence-electron chi connectivity index (χ3n) is 7.47. The molecule has 34 heavy (non-hydrogen) atoms. The lowest BCUT2D eigenvalue weighted by Crippen LogP contribution is -2.57. The van der Waals surface area contributed by atoms with E-state index in [2.05, 4.69) is 0 Å². The van der Waals surface area contributed by atoms with E-state index in [0.717, 1.165) is 0 Å². The fraction of sp³-hybridized carbons (Fsp3) is 0.773. The van der Waals surface area contributed by atoms with Crippen LogP contribution in [-0.2, 0) is 18.4 Å². The molecule has 12 heteroatoms. The van der Waals surface area contributed by atoms with Gasteiger partial charge in [-0.2, -0.15) is 4.39 Å². The van der Waals surface area contributed by atoms with Gasteiger partial charge in [-0.3, -0.25) is 19.1 Å². The van der Waals surface area contributed by atoms with Gasteiger partial charge in [0.2, 0.25) is 5.82 Å². The molecule has 0 saturated carbocycles. The Morgan fingerprint density at radius 1 is 1.12 bits per heavy atom. The number of nitrogens with one attached hydrogen (secondary N) is 1. The van der Waals surface area contributed by atoms with Crippen molar-refractivity contribution in [3.63, 3.8) is 0 Å². The van der Waals surface area contributed by atoms with E-state index in [1.165, 1.54) is 0 Å². The maximum Gasteiger partial charge on any atom is 0.330 e. The number of nitrogens with zero attached hydrogens (tertiary/aromatic N) is 1. The van der Waals surface area contributed by atoms with Crippen LogP contribution in [0.1, 0.15) is 47.8 Å². The molecule has 0 aliphatic carbocycles. The maximum atomic E-state index is 16.0. The molecule has 1 aromatic rings. The van der Waals surface area contributed by atoms with Gasteiger partial charge in [-0.05, 0) is 36.3 Å². The molecule has 0 amide bonds. The molecule has 1 aromatic heterocycles. The second-order valence-electron chi connectivity index (χ2n) is 12.0. The molecule has 0 spiro atoms. The van der Waals surface area contributed by atoms with Crippen molar-refractivity contribution >= 4 is 22.9 Å². The lowest BCUT2D eigenvalue weighted by molar-refractivity contribution is -0.149. The van der Waals surface area contributed by atoms with Gasteiger partial charge in [0.1, 0.15) is 6.10 Å². The molecule has 8 nitrogen and oxygen atoms in total. The lowest BCUT2D eigenvalue weighted by Gasteiger charge is -2.43. The van der Waals surface area contributed by atoms with Crippen LogP contribution < -0.4 is 11.2 Å². The fourth-order valence-corrected chi connectivity index (χ4v) is 5.39. The van der Waals surface area contributed by atoms with Crippen LogP contribution in [0.3, 0.4) is 0 Å². The van der Waals surface area contributed by atoms with Crippen LogP contribution in [0.2, 0.25) is 36.3 Å². The molecule has 1 N–H and O–H groups in total. The molecule has 0 radical (unpaired) electrons. The van der Waals surface area contributed by atoms with Gasteiger partial charge >= 0.3 is 5.69 Å². The highest BCUT2D eigenvalue weighted by molar-refractivity contribution is 6.74. The molecular weight excluding hydrogens is 482 g/mol. The number of rotatable bonds is 7. The molecular formula is C22H38F2N2O6Si2. The number of hydrogen-bond acceptors (Lipinski definition) is 6. The number of hydrogen-bond donors (Lipinski definition) is 1. The van der Waals surface area contributed by atoms with E-state index < -0.39 is 57.8 Å². The molecule has 1 aliphatic heterocycles. The van der Waals surface area contributed by atoms with Crippen molar-refractivity contribution < 1.29 is 27.2 Å². The van der Waals surface area contributed by atoms with Crippen molar-refractivity contribution in [1.29, 1.82) is 0 Å². The largest absolute Gasteiger partial charge is 0.413 e. The molecule has 0 unspecified atom stereocenters. The summed E-state index contributed by atoms with van der Waals surface area (Å²) in [5.41, 5.74) is -4.16. The van der Waals surface area contributed by atoms with E-state index in [4.69, 9.17) is 13.6 Å². The summed E-state index contributed by atoms with van der Waals surface area (Å²) in [6.07, 6.45) is -4.07. The predicted molar refractivity (Wildman–Crippen MR) is 130 cm³/mol. The standard InChI is InChI=1S/C22H38F2N2O6Si2/c1-20(2,3)33(7,8)30-13-22(12-27)16(32-34(9,10)21(4,5)6)15(24)18(31-22)26-11-14(23)17(28)25-19(26)29/h11-12,15-16,18H,13H2,1-10H3,(H,25,28,29)/t15-,16-,18+,22+/m0/s1. The first-order chi connectivity index (χ1) is 15.2. The maximum absolute atomic E-state index is 16.0. The van der Waals surface area contributed by atoms with Gasteiger partial charge in [0.25, 0.3) is 5.56 Å². The van der Waals surface area contributed by atoms with E-state index in [0.29, 0.717) is 17.1 Å². The van der Waals surface area contributed by atoms with Crippen molar-refractivity contribution in [3.8, 4) is 0 Å². The fourth-order valence-electron chi connectivity index (χ4n) is 3.05. The van der Waals surface area contributed by atoms with E-state index >= 15 is 4.39 Å². The Balaban J connectivity index is 2.59. The number of ether oxygens (including phenoxy) is 1. The Labute approximate surface area is 201 Å². The van der Waals surface area contributed by atoms with Gasteiger partial charge < -0.3 is 13.6 Å². The van der Waals surface area contributed by atoms with E-state index in [-0.39, 0.29) is 16.7 Å². The van der Waals surface area contributed by atoms with Gasteiger partial charge in [0.15, 0.2) is 40.9 Å². The van der Waals surface area contributed by atoms with E-state index in [1.807, 2.05) is 67.7 Å². The Kier molecular flexibility index (Phi) is 7.78. The predicted octanol–water partition coefficient (Wildman–Crippen LogP) is 3.89. The van der Waals surface area contributed by atoms with Crippen molar-refractivity contribution in [2.75, 3.05) is 6.61 Å². The summed E-state index contributed by atoms with van der Waals surface area (Å²) in [7, 11) is -5.03. The quantitative estimate of drug-likeness (QED) is 0.433. The molecule has 0 bridgehead atoms. The summed E-state index contributed by atoms with van der Waals surface area (Å²) in [6.45, 7) is 19.5. The minimum atomic E-state index is -2.63. The summed E-state index contributed by atoms with van der Waals surface area (Å²) in [4.78, 5) is 38.2. The zero-order chi connectivity index (χ0) is 26.5. The third kappa shape index (κ3) is 5.35. The lowest BCUT2D eigenvalue weighted by atomic mass is 9.98. The van der Waals surface area contributed by atoms with Crippen molar-refractivity contribution in [2.45, 2.75) is 102 Å². The molecule has 1 fully saturated rings. The van der Waals surface area contributed by atoms with Crippen LogP contribution in [0.15, 0.2) is 15.8 Å². The summed E-state index contributed by atoms with van der Waals surface area (Å²) in [5.74, 6) is -1.28. The van der Waals surface area contributed by atoms with Gasteiger partial charge in [-0.15, -0.1) is 0 Å². The molecule has 2 heterocycles. The minimum absolute atomic E-state index is 0.195. The molecule has 1 aliphatic rings. The summed E-state index contributed by atoms with van der Waals surface area (Å²) in [6, 6.07) is 0. The first-order valence-electron chi connectivity index (χ1n) is 11.3. The number of H-pyrrole nitrogens is 1. The second kappa shape index (κ2) is 9.19. The number of aldehydes is 1. The van der Waals surface area contributed by atoms with Crippen LogP contribution in [0.4, 0.5) is 8.78 Å². The van der Waals surface area contributed by atoms with Crippen molar-refractivity contribution in [2.24, 2.45) is 0 Å². The number of aromatic nitrogens is 2. The number of alkyl halides is 1. The third-order valence-corrected chi connectivity index (χ3v) is 16.4. The van der Waals surface area contributed by atoms with E-state index in [1.54, 1.807) is 4.98 Å². The summed E-state index contributed by atoms with van der Waals surface area (Å²) < 4.78 is 49.0. The second-order valence-corrected chi connectivity index (χ2v) is 21.6. The average Bonchev–Trinajstić information content (AvgIpc) is 2.94. The van der Waals surface area contributed by atoms with Gasteiger partial charge in [-0.1, -0.05) is 41.5 Å². The van der Waals surface area contributed by atoms with Crippen molar-refractivity contribution in [3.05, 3.63) is 32.9 Å². The minimum Gasteiger partial charge on any atom is -0.413 e. The zero-order valence-corrected chi connectivity index (χ0v) is 23.7. The van der Waals surface area contributed by atoms with E-state index in [9.17, 15) is 18.8 Å². The Morgan fingerprint density at radius 2 is 1.65 bits per heavy atom. The van der Waals surface area contributed by atoms with Crippen LogP contribution in [0.25, 0.3) is 0 Å². The van der Waals surface area contributed by atoms with Crippen LogP contribution in [0, 0.1) is 5.82 Å². The number of aromatic amines is 1. The Morgan fingerprint density at radius 3 is 2.12 bits per heavy atom. The monoisotopic (exact) mass is 520 g/mol. The normalized spacial score (nSPS) is 26.6. The highest BCUT2D eigenvalue weighted by Gasteiger charge is 2.61. The summed E-state index contributed by atoms with van der Waals surface area (Å²) in [5, 5.41) is -0.514. The first-order valence-corrected chi connectivity index (χ1v) is 17.1. The highest BCUT2D eigenvalue weighted by atomic mass is 28.4. The SMILES string of the molecule is CC(C)(C)[Si](C)(C)OC[C@@]1(C=O)O[C@@H](n2cc(F)c(=O)[nH]c2=O)[C@@H](F)[C@@H]1O[Si](C)(C)C(C)(C)C. The molecule has 194 valence electrons. The smallest absolute Gasteiger partial charge is 0.330 e. The van der Waals surface area contributed by atoms with Crippen molar-refractivity contribution in [1.82, 2.24) is 9.55 Å². The van der Waals surface area contributed by atoms with Gasteiger partial charge in [0, 0.05) is 0 Å². The van der Waals surface area contributed by atoms with Crippen LogP contribution in [0.5, 0.6) is 0 Å². The average molecular weight is 521 g/mol. The highest BCUT2D eigenvalue weighted by Crippen LogP contribution is 2.46. The van der Waals surface area contributed by atoms with Gasteiger partial charge in [-0.25, -0.2) is 9.18 Å². The molecule has 4 atom stereocenters. The zero-order valence-electron chi connectivity index (χ0n) is 21.7.